The molecule has 1 aromatic carbocycles. The van der Waals surface area contributed by atoms with E-state index in [0.29, 0.717) is 30.7 Å². The molecule has 0 radical (unpaired) electrons. The van der Waals surface area contributed by atoms with E-state index in [0.717, 1.165) is 31.4 Å². The minimum Gasteiger partial charge on any atom is -0.381 e. The molecule has 5 heteroatoms. The average Bonchev–Trinajstić information content (AvgIpc) is 3.22. The fraction of sp³-hybridized carbons (Fsp3) is 0.444. The summed E-state index contributed by atoms with van der Waals surface area (Å²) >= 11 is 0. The standard InChI is InChI=1S/C18H22N2O3/c21-17(7-4-13-8-9-23-12-13)19-11-14-2-1-3-15(10-14)18(22)20-16-5-6-16/h1-4,7,10,13,16H,5-6,8-9,11-12H2,(H,19,21)(H,20,22)/b7-4+. The summed E-state index contributed by atoms with van der Waals surface area (Å²) in [6.07, 6.45) is 6.59. The van der Waals surface area contributed by atoms with Gasteiger partial charge in [0.1, 0.15) is 0 Å². The molecule has 2 N–H and O–H groups in total. The van der Waals surface area contributed by atoms with Gasteiger partial charge in [-0.2, -0.15) is 0 Å². The summed E-state index contributed by atoms with van der Waals surface area (Å²) in [5, 5.41) is 5.81. The molecule has 1 saturated heterocycles. The zero-order valence-electron chi connectivity index (χ0n) is 13.1. The SMILES string of the molecule is O=C(/C=C/C1CCOC1)NCc1cccc(C(=O)NC2CC2)c1. The lowest BCUT2D eigenvalue weighted by atomic mass is 10.1. The van der Waals surface area contributed by atoms with Crippen LogP contribution in [-0.2, 0) is 16.1 Å². The van der Waals surface area contributed by atoms with Gasteiger partial charge in [-0.25, -0.2) is 0 Å². The Hall–Kier alpha value is -2.14. The topological polar surface area (TPSA) is 67.4 Å². The first kappa shape index (κ1) is 15.7. The van der Waals surface area contributed by atoms with Crippen molar-refractivity contribution in [2.75, 3.05) is 13.2 Å². The highest BCUT2D eigenvalue weighted by Gasteiger charge is 2.23. The minimum absolute atomic E-state index is 0.0400. The highest BCUT2D eigenvalue weighted by Crippen LogP contribution is 2.19. The Kier molecular flexibility index (Phi) is 5.08. The first-order valence-electron chi connectivity index (χ1n) is 8.14. The van der Waals surface area contributed by atoms with E-state index in [1.54, 1.807) is 12.1 Å². The van der Waals surface area contributed by atoms with Gasteiger partial charge in [-0.1, -0.05) is 18.2 Å². The Labute approximate surface area is 136 Å². The maximum absolute atomic E-state index is 12.0. The molecule has 0 aromatic heterocycles. The molecule has 1 aromatic rings. The van der Waals surface area contributed by atoms with Crippen LogP contribution < -0.4 is 10.6 Å². The number of rotatable bonds is 6. The van der Waals surface area contributed by atoms with E-state index in [1.807, 2.05) is 24.3 Å². The van der Waals surface area contributed by atoms with Crippen molar-refractivity contribution in [1.29, 1.82) is 0 Å². The van der Waals surface area contributed by atoms with E-state index < -0.39 is 0 Å². The van der Waals surface area contributed by atoms with E-state index in [1.165, 1.54) is 0 Å². The van der Waals surface area contributed by atoms with E-state index >= 15 is 0 Å². The van der Waals surface area contributed by atoms with Crippen molar-refractivity contribution in [2.24, 2.45) is 5.92 Å². The van der Waals surface area contributed by atoms with Gasteiger partial charge in [-0.3, -0.25) is 9.59 Å². The van der Waals surface area contributed by atoms with Gasteiger partial charge in [0.25, 0.3) is 5.91 Å². The molecule has 2 amide bonds. The molecule has 2 aliphatic rings. The number of carbonyl (C=O) groups excluding carboxylic acids is 2. The van der Waals surface area contributed by atoms with Crippen molar-refractivity contribution >= 4 is 11.8 Å². The fourth-order valence-electron chi connectivity index (χ4n) is 2.50. The zero-order valence-corrected chi connectivity index (χ0v) is 13.1. The number of hydrogen-bond donors (Lipinski definition) is 2. The third-order valence-electron chi connectivity index (χ3n) is 4.05. The number of benzene rings is 1. The molecule has 1 unspecified atom stereocenters. The number of nitrogens with one attached hydrogen (secondary N) is 2. The van der Waals surface area contributed by atoms with Crippen LogP contribution in [0.2, 0.25) is 0 Å². The molecular weight excluding hydrogens is 292 g/mol. The second kappa shape index (κ2) is 7.42. The number of ether oxygens (including phenoxy) is 1. The van der Waals surface area contributed by atoms with E-state index in [4.69, 9.17) is 4.74 Å². The molecule has 1 aliphatic carbocycles. The summed E-state index contributed by atoms with van der Waals surface area (Å²) in [6.45, 7) is 1.88. The van der Waals surface area contributed by atoms with Crippen LogP contribution in [0, 0.1) is 5.92 Å². The summed E-state index contributed by atoms with van der Waals surface area (Å²) in [6, 6.07) is 7.71. The normalized spacial score (nSPS) is 20.6. The molecule has 3 rings (SSSR count). The molecule has 5 nitrogen and oxygen atoms in total. The predicted molar refractivity (Wildman–Crippen MR) is 86.8 cm³/mol. The van der Waals surface area contributed by atoms with Gasteiger partial charge in [0.2, 0.25) is 5.91 Å². The Morgan fingerprint density at radius 1 is 1.26 bits per heavy atom. The van der Waals surface area contributed by atoms with Crippen molar-refractivity contribution in [3.05, 3.63) is 47.5 Å². The van der Waals surface area contributed by atoms with E-state index in [2.05, 4.69) is 10.6 Å². The summed E-state index contributed by atoms with van der Waals surface area (Å²) in [4.78, 5) is 23.8. The maximum Gasteiger partial charge on any atom is 0.251 e. The molecule has 2 fully saturated rings. The first-order valence-corrected chi connectivity index (χ1v) is 8.14. The fourth-order valence-corrected chi connectivity index (χ4v) is 2.50. The Morgan fingerprint density at radius 3 is 2.87 bits per heavy atom. The van der Waals surface area contributed by atoms with Crippen LogP contribution in [-0.4, -0.2) is 31.1 Å². The molecule has 1 aliphatic heterocycles. The minimum atomic E-state index is -0.121. The molecule has 23 heavy (non-hydrogen) atoms. The van der Waals surface area contributed by atoms with Gasteiger partial charge < -0.3 is 15.4 Å². The second-order valence-electron chi connectivity index (χ2n) is 6.15. The van der Waals surface area contributed by atoms with Gasteiger partial charge in [-0.15, -0.1) is 0 Å². The van der Waals surface area contributed by atoms with Crippen molar-refractivity contribution < 1.29 is 14.3 Å². The third kappa shape index (κ3) is 4.93. The molecule has 1 saturated carbocycles. The number of amides is 2. The summed E-state index contributed by atoms with van der Waals surface area (Å²) < 4.78 is 5.27. The van der Waals surface area contributed by atoms with Crippen molar-refractivity contribution in [2.45, 2.75) is 31.8 Å². The predicted octanol–water partition coefficient (Wildman–Crippen LogP) is 1.79. The molecule has 1 heterocycles. The molecule has 0 spiro atoms. The highest BCUT2D eigenvalue weighted by atomic mass is 16.5. The molecule has 1 atom stereocenters. The Morgan fingerprint density at radius 2 is 2.13 bits per heavy atom. The largest absolute Gasteiger partial charge is 0.381 e. The van der Waals surface area contributed by atoms with Crippen LogP contribution in [0.5, 0.6) is 0 Å². The third-order valence-corrected chi connectivity index (χ3v) is 4.05. The first-order chi connectivity index (χ1) is 11.2. The van der Waals surface area contributed by atoms with E-state index in [9.17, 15) is 9.59 Å². The van der Waals surface area contributed by atoms with Crippen LogP contribution >= 0.6 is 0 Å². The number of hydrogen-bond acceptors (Lipinski definition) is 3. The Bertz CT molecular complexity index is 602. The van der Waals surface area contributed by atoms with Crippen molar-refractivity contribution in [1.82, 2.24) is 10.6 Å². The van der Waals surface area contributed by atoms with Gasteiger partial charge >= 0.3 is 0 Å². The number of carbonyl (C=O) groups is 2. The van der Waals surface area contributed by atoms with Crippen LogP contribution in [0.3, 0.4) is 0 Å². The monoisotopic (exact) mass is 314 g/mol. The van der Waals surface area contributed by atoms with Crippen LogP contribution in [0.1, 0.15) is 35.2 Å². The smallest absolute Gasteiger partial charge is 0.251 e. The summed E-state index contributed by atoms with van der Waals surface area (Å²) in [5.74, 6) is 0.182. The summed E-state index contributed by atoms with van der Waals surface area (Å²) in [7, 11) is 0. The van der Waals surface area contributed by atoms with Gasteiger partial charge in [0.05, 0.1) is 6.61 Å². The molecule has 0 bridgehead atoms. The second-order valence-corrected chi connectivity index (χ2v) is 6.15. The maximum atomic E-state index is 12.0. The zero-order chi connectivity index (χ0) is 16.1. The van der Waals surface area contributed by atoms with Crippen molar-refractivity contribution in [3.63, 3.8) is 0 Å². The van der Waals surface area contributed by atoms with Gasteiger partial charge in [0.15, 0.2) is 0 Å². The lowest BCUT2D eigenvalue weighted by Gasteiger charge is -2.07. The van der Waals surface area contributed by atoms with Crippen molar-refractivity contribution in [3.8, 4) is 0 Å². The Balaban J connectivity index is 1.49. The van der Waals surface area contributed by atoms with Gasteiger partial charge in [-0.05, 0) is 43.0 Å². The molecule has 122 valence electrons. The lowest BCUT2D eigenvalue weighted by molar-refractivity contribution is -0.116. The van der Waals surface area contributed by atoms with Crippen LogP contribution in [0.4, 0.5) is 0 Å². The average molecular weight is 314 g/mol. The van der Waals surface area contributed by atoms with E-state index in [-0.39, 0.29) is 11.8 Å². The molecular formula is C18H22N2O3. The van der Waals surface area contributed by atoms with Crippen LogP contribution in [0.15, 0.2) is 36.4 Å². The summed E-state index contributed by atoms with van der Waals surface area (Å²) in [5.41, 5.74) is 1.56. The van der Waals surface area contributed by atoms with Gasteiger partial charge in [0, 0.05) is 30.7 Å². The quantitative estimate of drug-likeness (QED) is 0.787. The lowest BCUT2D eigenvalue weighted by Crippen LogP contribution is -2.25. The highest BCUT2D eigenvalue weighted by molar-refractivity contribution is 5.94. The van der Waals surface area contributed by atoms with Crippen LogP contribution in [0.25, 0.3) is 0 Å².